The molecule has 2 N–H and O–H groups in total. The lowest BCUT2D eigenvalue weighted by Crippen LogP contribution is -2.22. The second kappa shape index (κ2) is 5.11. The molecule has 0 saturated heterocycles. The molecule has 0 bridgehead atoms. The van der Waals surface area contributed by atoms with Crippen LogP contribution in [0, 0.1) is 0 Å². The van der Waals surface area contributed by atoms with Gasteiger partial charge in [0.1, 0.15) is 0 Å². The molecule has 1 heterocycles. The smallest absolute Gasteiger partial charge is 0.273 e. The third kappa shape index (κ3) is 2.67. The first-order valence-corrected chi connectivity index (χ1v) is 6.18. The van der Waals surface area contributed by atoms with Crippen LogP contribution in [0.3, 0.4) is 0 Å². The number of anilines is 1. The molecule has 0 spiro atoms. The van der Waals surface area contributed by atoms with Gasteiger partial charge in [0.15, 0.2) is 5.69 Å². The maximum Gasteiger partial charge on any atom is 0.273 e. The first-order chi connectivity index (χ1) is 8.90. The van der Waals surface area contributed by atoms with Gasteiger partial charge in [-0.3, -0.25) is 4.79 Å². The highest BCUT2D eigenvalue weighted by Crippen LogP contribution is 2.29. The Labute approximate surface area is 120 Å². The molecule has 5 nitrogen and oxygen atoms in total. The number of halogens is 2. The molecule has 1 aromatic carbocycles. The number of amides is 1. The van der Waals surface area contributed by atoms with E-state index in [2.05, 4.69) is 5.10 Å². The van der Waals surface area contributed by atoms with Gasteiger partial charge in [-0.2, -0.15) is 5.10 Å². The molecule has 1 amide bonds. The van der Waals surface area contributed by atoms with Crippen LogP contribution in [-0.4, -0.2) is 34.7 Å². The van der Waals surface area contributed by atoms with Crippen molar-refractivity contribution in [3.63, 3.8) is 0 Å². The van der Waals surface area contributed by atoms with Gasteiger partial charge in [-0.05, 0) is 18.2 Å². The number of benzene rings is 1. The van der Waals surface area contributed by atoms with E-state index in [-0.39, 0.29) is 5.91 Å². The summed E-state index contributed by atoms with van der Waals surface area (Å²) in [5, 5.41) is 4.93. The number of rotatable bonds is 2. The maximum atomic E-state index is 11.8. The van der Waals surface area contributed by atoms with Gasteiger partial charge in [0.25, 0.3) is 5.91 Å². The van der Waals surface area contributed by atoms with E-state index < -0.39 is 0 Å². The molecule has 0 aliphatic heterocycles. The molecule has 0 radical (unpaired) electrons. The quantitative estimate of drug-likeness (QED) is 0.866. The van der Waals surface area contributed by atoms with E-state index in [9.17, 15) is 4.79 Å². The number of nitrogens with two attached hydrogens (primary N) is 1. The zero-order chi connectivity index (χ0) is 14.2. The number of aromatic nitrogens is 2. The summed E-state index contributed by atoms with van der Waals surface area (Å²) >= 11 is 11.8. The molecule has 7 heteroatoms. The summed E-state index contributed by atoms with van der Waals surface area (Å²) in [6, 6.07) is 4.77. The number of hydrogen-bond acceptors (Lipinski definition) is 3. The van der Waals surface area contributed by atoms with Gasteiger partial charge in [0, 0.05) is 20.3 Å². The number of nitrogen functional groups attached to an aromatic ring is 1. The summed E-state index contributed by atoms with van der Waals surface area (Å²) in [7, 11) is 3.32. The Hall–Kier alpha value is -1.72. The maximum absolute atomic E-state index is 11.8. The van der Waals surface area contributed by atoms with Gasteiger partial charge in [0.05, 0.1) is 21.4 Å². The standard InChI is InChI=1S/C12H12Cl2N4O/c1-17(2)12(19)10-3-4-18(16-10)11-6-8(14)7(13)5-9(11)15/h3-6H,15H2,1-2H3. The highest BCUT2D eigenvalue weighted by Gasteiger charge is 2.14. The van der Waals surface area contributed by atoms with Crippen LogP contribution >= 0.6 is 23.2 Å². The lowest BCUT2D eigenvalue weighted by molar-refractivity contribution is 0.0821. The van der Waals surface area contributed by atoms with Crippen molar-refractivity contribution in [1.29, 1.82) is 0 Å². The summed E-state index contributed by atoms with van der Waals surface area (Å²) < 4.78 is 1.49. The van der Waals surface area contributed by atoms with Crippen molar-refractivity contribution in [2.45, 2.75) is 0 Å². The summed E-state index contributed by atoms with van der Waals surface area (Å²) in [6.07, 6.45) is 1.65. The fourth-order valence-electron chi connectivity index (χ4n) is 1.55. The van der Waals surface area contributed by atoms with Gasteiger partial charge in [0.2, 0.25) is 0 Å². The fraction of sp³-hybridized carbons (Fsp3) is 0.167. The van der Waals surface area contributed by atoms with E-state index in [1.807, 2.05) is 0 Å². The summed E-state index contributed by atoms with van der Waals surface area (Å²) in [6.45, 7) is 0. The van der Waals surface area contributed by atoms with Crippen LogP contribution in [0.4, 0.5) is 5.69 Å². The van der Waals surface area contributed by atoms with Gasteiger partial charge in [-0.25, -0.2) is 4.68 Å². The predicted molar refractivity (Wildman–Crippen MR) is 76.0 cm³/mol. The lowest BCUT2D eigenvalue weighted by atomic mass is 10.3. The Bertz CT molecular complexity index is 637. The topological polar surface area (TPSA) is 64.2 Å². The molecule has 1 aromatic heterocycles. The zero-order valence-electron chi connectivity index (χ0n) is 10.4. The Morgan fingerprint density at radius 3 is 2.58 bits per heavy atom. The van der Waals surface area contributed by atoms with E-state index >= 15 is 0 Å². The van der Waals surface area contributed by atoms with E-state index in [0.29, 0.717) is 27.1 Å². The van der Waals surface area contributed by atoms with Crippen LogP contribution in [0.5, 0.6) is 0 Å². The van der Waals surface area contributed by atoms with Crippen LogP contribution < -0.4 is 5.73 Å². The van der Waals surface area contributed by atoms with E-state index in [1.54, 1.807) is 38.5 Å². The Balaban J connectivity index is 2.44. The predicted octanol–water partition coefficient (Wildman–Crippen LogP) is 2.46. The molecule has 0 aliphatic carbocycles. The Kier molecular flexibility index (Phi) is 3.68. The molecule has 0 atom stereocenters. The van der Waals surface area contributed by atoms with Crippen LogP contribution in [-0.2, 0) is 0 Å². The molecule has 2 rings (SSSR count). The van der Waals surface area contributed by atoms with Crippen molar-refractivity contribution in [3.8, 4) is 5.69 Å². The van der Waals surface area contributed by atoms with Crippen molar-refractivity contribution < 1.29 is 4.79 Å². The largest absolute Gasteiger partial charge is 0.397 e. The molecule has 0 unspecified atom stereocenters. The van der Waals surface area contributed by atoms with Crippen LogP contribution in [0.15, 0.2) is 24.4 Å². The minimum absolute atomic E-state index is 0.183. The third-order valence-corrected chi connectivity index (χ3v) is 3.25. The molecular formula is C12H12Cl2N4O. The first-order valence-electron chi connectivity index (χ1n) is 5.42. The number of carbonyl (C=O) groups is 1. The van der Waals surface area contributed by atoms with Crippen molar-refractivity contribution >= 4 is 34.8 Å². The number of carbonyl (C=O) groups excluding carboxylic acids is 1. The summed E-state index contributed by atoms with van der Waals surface area (Å²) in [4.78, 5) is 13.2. The van der Waals surface area contributed by atoms with Crippen LogP contribution in [0.1, 0.15) is 10.5 Å². The average molecular weight is 299 g/mol. The van der Waals surface area contributed by atoms with Crippen LogP contribution in [0.25, 0.3) is 5.69 Å². The third-order valence-electron chi connectivity index (χ3n) is 2.53. The minimum Gasteiger partial charge on any atom is -0.397 e. The fourth-order valence-corrected chi connectivity index (χ4v) is 1.88. The number of nitrogens with zero attached hydrogens (tertiary/aromatic N) is 3. The van der Waals surface area contributed by atoms with Gasteiger partial charge < -0.3 is 10.6 Å². The molecule has 2 aromatic rings. The summed E-state index contributed by atoms with van der Waals surface area (Å²) in [5.74, 6) is -0.183. The second-order valence-electron chi connectivity index (χ2n) is 4.17. The second-order valence-corrected chi connectivity index (χ2v) is 4.98. The molecule has 100 valence electrons. The lowest BCUT2D eigenvalue weighted by Gasteiger charge is -2.09. The highest BCUT2D eigenvalue weighted by molar-refractivity contribution is 6.42. The highest BCUT2D eigenvalue weighted by atomic mass is 35.5. The normalized spacial score (nSPS) is 10.5. The van der Waals surface area contributed by atoms with Crippen molar-refractivity contribution in [2.75, 3.05) is 19.8 Å². The van der Waals surface area contributed by atoms with Gasteiger partial charge in [-0.1, -0.05) is 23.2 Å². The van der Waals surface area contributed by atoms with Gasteiger partial charge in [-0.15, -0.1) is 0 Å². The molecule has 0 aliphatic rings. The number of hydrogen-bond donors (Lipinski definition) is 1. The summed E-state index contributed by atoms with van der Waals surface area (Å²) in [5.41, 5.74) is 7.21. The first kappa shape index (κ1) is 13.7. The molecular weight excluding hydrogens is 287 g/mol. The van der Waals surface area contributed by atoms with Crippen molar-refractivity contribution in [3.05, 3.63) is 40.1 Å². The van der Waals surface area contributed by atoms with Gasteiger partial charge >= 0.3 is 0 Å². The SMILES string of the molecule is CN(C)C(=O)c1ccn(-c2cc(Cl)c(Cl)cc2N)n1. The van der Waals surface area contributed by atoms with E-state index in [4.69, 9.17) is 28.9 Å². The van der Waals surface area contributed by atoms with Crippen LogP contribution in [0.2, 0.25) is 10.0 Å². The monoisotopic (exact) mass is 298 g/mol. The van der Waals surface area contributed by atoms with Crippen molar-refractivity contribution in [2.24, 2.45) is 0 Å². The Morgan fingerprint density at radius 1 is 1.32 bits per heavy atom. The molecule has 0 fully saturated rings. The average Bonchev–Trinajstić information content (AvgIpc) is 2.81. The Morgan fingerprint density at radius 2 is 1.95 bits per heavy atom. The molecule has 19 heavy (non-hydrogen) atoms. The van der Waals surface area contributed by atoms with E-state index in [1.165, 1.54) is 9.58 Å². The zero-order valence-corrected chi connectivity index (χ0v) is 11.9. The minimum atomic E-state index is -0.183. The van der Waals surface area contributed by atoms with E-state index in [0.717, 1.165) is 0 Å². The molecule has 0 saturated carbocycles. The van der Waals surface area contributed by atoms with Crippen molar-refractivity contribution in [1.82, 2.24) is 14.7 Å².